The minimum Gasteiger partial charge on any atom is -0.496 e. The fourth-order valence-electron chi connectivity index (χ4n) is 2.91. The van der Waals surface area contributed by atoms with Crippen LogP contribution < -0.4 is 14.5 Å². The van der Waals surface area contributed by atoms with Gasteiger partial charge in [-0.1, -0.05) is 26.0 Å². The van der Waals surface area contributed by atoms with Gasteiger partial charge in [0.25, 0.3) is 0 Å². The highest BCUT2D eigenvalue weighted by atomic mass is 16.5. The maximum Gasteiger partial charge on any atom is 0.230 e. The van der Waals surface area contributed by atoms with Crippen LogP contribution in [0.4, 0.5) is 11.9 Å². The summed E-state index contributed by atoms with van der Waals surface area (Å²) in [5.74, 6) is 3.54. The molecule has 3 rings (SSSR count). The Morgan fingerprint density at radius 1 is 1.17 bits per heavy atom. The number of nitrogens with zero attached hydrogens (tertiary/aromatic N) is 5. The first-order valence-corrected chi connectivity index (χ1v) is 8.32. The molecule has 1 aliphatic heterocycles. The molecule has 0 saturated carbocycles. The normalized spacial score (nSPS) is 13.8. The van der Waals surface area contributed by atoms with Gasteiger partial charge in [-0.15, -0.1) is 0 Å². The van der Waals surface area contributed by atoms with Crippen LogP contribution in [0.5, 0.6) is 5.75 Å². The fourth-order valence-corrected chi connectivity index (χ4v) is 2.91. The minimum atomic E-state index is 0.266. The molecule has 128 valence electrons. The highest BCUT2D eigenvalue weighted by molar-refractivity contribution is 5.47. The second-order valence-corrected chi connectivity index (χ2v) is 6.61. The summed E-state index contributed by atoms with van der Waals surface area (Å²) in [7, 11) is 5.64. The van der Waals surface area contributed by atoms with E-state index in [9.17, 15) is 0 Å². The first-order chi connectivity index (χ1) is 11.5. The van der Waals surface area contributed by atoms with Crippen LogP contribution in [0.15, 0.2) is 18.2 Å². The smallest absolute Gasteiger partial charge is 0.230 e. The van der Waals surface area contributed by atoms with Crippen molar-refractivity contribution in [1.82, 2.24) is 15.0 Å². The van der Waals surface area contributed by atoms with Crippen molar-refractivity contribution in [3.8, 4) is 5.75 Å². The predicted molar refractivity (Wildman–Crippen MR) is 96.0 cm³/mol. The third-order valence-electron chi connectivity index (χ3n) is 4.27. The Morgan fingerprint density at radius 3 is 2.62 bits per heavy atom. The van der Waals surface area contributed by atoms with Crippen LogP contribution in [0.2, 0.25) is 0 Å². The van der Waals surface area contributed by atoms with E-state index in [2.05, 4.69) is 34.8 Å². The van der Waals surface area contributed by atoms with Crippen molar-refractivity contribution in [2.75, 3.05) is 37.5 Å². The van der Waals surface area contributed by atoms with Crippen LogP contribution in [-0.2, 0) is 13.0 Å². The standard InChI is InChI=1S/C18H25N5O/c1-12(2)16-19-17(22(3)4)21-18(20-16)23-10-9-14-13(11-23)7-6-8-15(14)24-5/h6-8,12H,9-11H2,1-5H3. The average Bonchev–Trinajstić information content (AvgIpc) is 2.60. The van der Waals surface area contributed by atoms with Crippen LogP contribution in [0.25, 0.3) is 0 Å². The molecular weight excluding hydrogens is 302 g/mol. The maximum absolute atomic E-state index is 5.49. The summed E-state index contributed by atoms with van der Waals surface area (Å²) in [4.78, 5) is 18.1. The van der Waals surface area contributed by atoms with Crippen molar-refractivity contribution < 1.29 is 4.74 Å². The summed E-state index contributed by atoms with van der Waals surface area (Å²) in [6.45, 7) is 5.88. The summed E-state index contributed by atoms with van der Waals surface area (Å²) in [5, 5.41) is 0. The fraction of sp³-hybridized carbons (Fsp3) is 0.500. The Morgan fingerprint density at radius 2 is 1.96 bits per heavy atom. The Kier molecular flexibility index (Phi) is 4.55. The van der Waals surface area contributed by atoms with E-state index >= 15 is 0 Å². The number of fused-ring (bicyclic) bond motifs is 1. The summed E-state index contributed by atoms with van der Waals surface area (Å²) in [5.41, 5.74) is 2.57. The minimum absolute atomic E-state index is 0.266. The van der Waals surface area contributed by atoms with Crippen molar-refractivity contribution in [3.05, 3.63) is 35.2 Å². The summed E-state index contributed by atoms with van der Waals surface area (Å²) in [6, 6.07) is 6.22. The zero-order valence-electron chi connectivity index (χ0n) is 15.1. The number of hydrogen-bond acceptors (Lipinski definition) is 6. The largest absolute Gasteiger partial charge is 0.496 e. The first-order valence-electron chi connectivity index (χ1n) is 8.32. The molecule has 1 aromatic heterocycles. The third kappa shape index (κ3) is 3.13. The predicted octanol–water partition coefficient (Wildman–Crippen LogP) is 2.63. The summed E-state index contributed by atoms with van der Waals surface area (Å²) < 4.78 is 5.49. The van der Waals surface area contributed by atoms with Gasteiger partial charge in [-0.2, -0.15) is 15.0 Å². The van der Waals surface area contributed by atoms with Crippen molar-refractivity contribution >= 4 is 11.9 Å². The van der Waals surface area contributed by atoms with Crippen molar-refractivity contribution in [3.63, 3.8) is 0 Å². The molecule has 0 spiro atoms. The van der Waals surface area contributed by atoms with Crippen LogP contribution >= 0.6 is 0 Å². The lowest BCUT2D eigenvalue weighted by Crippen LogP contribution is -2.33. The molecule has 0 unspecified atom stereocenters. The molecule has 6 nitrogen and oxygen atoms in total. The van der Waals surface area contributed by atoms with Gasteiger partial charge in [-0.25, -0.2) is 0 Å². The molecule has 6 heteroatoms. The molecule has 0 radical (unpaired) electrons. The van der Waals surface area contributed by atoms with E-state index in [1.807, 2.05) is 31.1 Å². The van der Waals surface area contributed by atoms with Gasteiger partial charge in [-0.3, -0.25) is 0 Å². The molecule has 2 aromatic rings. The van der Waals surface area contributed by atoms with E-state index in [4.69, 9.17) is 9.72 Å². The van der Waals surface area contributed by atoms with E-state index < -0.39 is 0 Å². The maximum atomic E-state index is 5.49. The van der Waals surface area contributed by atoms with Crippen molar-refractivity contribution in [1.29, 1.82) is 0 Å². The van der Waals surface area contributed by atoms with E-state index in [1.165, 1.54) is 11.1 Å². The third-order valence-corrected chi connectivity index (χ3v) is 4.27. The van der Waals surface area contributed by atoms with Crippen molar-refractivity contribution in [2.45, 2.75) is 32.7 Å². The average molecular weight is 327 g/mol. The molecule has 0 N–H and O–H groups in total. The Balaban J connectivity index is 1.95. The van der Waals surface area contributed by atoms with Gasteiger partial charge in [0.15, 0.2) is 0 Å². The van der Waals surface area contributed by atoms with Gasteiger partial charge < -0.3 is 14.5 Å². The molecule has 1 aromatic carbocycles. The van der Waals surface area contributed by atoms with Gasteiger partial charge in [0.05, 0.1) is 7.11 Å². The summed E-state index contributed by atoms with van der Waals surface area (Å²) in [6.07, 6.45) is 0.930. The number of aromatic nitrogens is 3. The number of benzene rings is 1. The van der Waals surface area contributed by atoms with Gasteiger partial charge in [0, 0.05) is 38.7 Å². The number of anilines is 2. The second-order valence-electron chi connectivity index (χ2n) is 6.61. The van der Waals surface area contributed by atoms with Gasteiger partial charge in [0.1, 0.15) is 11.6 Å². The molecule has 0 fully saturated rings. The molecule has 24 heavy (non-hydrogen) atoms. The first kappa shape index (κ1) is 16.5. The zero-order chi connectivity index (χ0) is 17.3. The van der Waals surface area contributed by atoms with Gasteiger partial charge >= 0.3 is 0 Å². The highest BCUT2D eigenvalue weighted by Gasteiger charge is 2.23. The SMILES string of the molecule is COc1cccc2c1CCN(c1nc(C(C)C)nc(N(C)C)n1)C2. The lowest BCUT2D eigenvalue weighted by Gasteiger charge is -2.30. The highest BCUT2D eigenvalue weighted by Crippen LogP contribution is 2.29. The number of ether oxygens (including phenoxy) is 1. The van der Waals surface area contributed by atoms with Crippen LogP contribution in [0, 0.1) is 0 Å². The van der Waals surface area contributed by atoms with Crippen LogP contribution in [-0.4, -0.2) is 42.7 Å². The lowest BCUT2D eigenvalue weighted by molar-refractivity contribution is 0.407. The molecule has 0 atom stereocenters. The van der Waals surface area contributed by atoms with Crippen LogP contribution in [0.3, 0.4) is 0 Å². The summed E-state index contributed by atoms with van der Waals surface area (Å²) >= 11 is 0. The molecule has 0 saturated heterocycles. The molecule has 2 heterocycles. The topological polar surface area (TPSA) is 54.4 Å². The quantitative estimate of drug-likeness (QED) is 0.860. The number of hydrogen-bond donors (Lipinski definition) is 0. The Labute approximate surface area is 143 Å². The van der Waals surface area contributed by atoms with E-state index in [-0.39, 0.29) is 5.92 Å². The zero-order valence-corrected chi connectivity index (χ0v) is 15.1. The van der Waals surface area contributed by atoms with Crippen molar-refractivity contribution in [2.24, 2.45) is 0 Å². The van der Waals surface area contributed by atoms with E-state index in [0.29, 0.717) is 5.95 Å². The molecule has 0 bridgehead atoms. The number of methoxy groups -OCH3 is 1. The number of rotatable bonds is 4. The van der Waals surface area contributed by atoms with E-state index in [0.717, 1.165) is 37.0 Å². The Bertz CT molecular complexity index is 703. The van der Waals surface area contributed by atoms with Crippen LogP contribution in [0.1, 0.15) is 36.7 Å². The van der Waals surface area contributed by atoms with Gasteiger partial charge in [0.2, 0.25) is 11.9 Å². The molecule has 0 aliphatic carbocycles. The monoisotopic (exact) mass is 327 g/mol. The Hall–Kier alpha value is -2.37. The lowest BCUT2D eigenvalue weighted by atomic mass is 9.99. The molecule has 1 aliphatic rings. The van der Waals surface area contributed by atoms with Gasteiger partial charge in [-0.05, 0) is 18.1 Å². The second kappa shape index (κ2) is 6.63. The van der Waals surface area contributed by atoms with E-state index in [1.54, 1.807) is 7.11 Å². The molecule has 0 amide bonds. The molecular formula is C18H25N5O.